The molecule has 0 fully saturated rings. The molecule has 0 aliphatic heterocycles. The third-order valence-corrected chi connectivity index (χ3v) is 1.63. The number of H-pyrrole nitrogens is 1. The molecule has 0 bridgehead atoms. The van der Waals surface area contributed by atoms with Crippen LogP contribution in [0, 0.1) is 11.3 Å². The number of aromatic nitrogens is 1. The maximum absolute atomic E-state index is 10.3. The van der Waals surface area contributed by atoms with E-state index in [0.29, 0.717) is 11.3 Å². The molecule has 0 amide bonds. The van der Waals surface area contributed by atoms with Crippen molar-refractivity contribution in [1.29, 1.82) is 5.26 Å². The Bertz CT molecular complexity index is 351. The second-order valence-corrected chi connectivity index (χ2v) is 2.66. The Balaban J connectivity index is 2.72. The number of nitriles is 1. The summed E-state index contributed by atoms with van der Waals surface area (Å²) in [4.78, 5) is 13.1. The van der Waals surface area contributed by atoms with Gasteiger partial charge in [0.15, 0.2) is 0 Å². The highest BCUT2D eigenvalue weighted by molar-refractivity contribution is 5.67. The molecule has 0 aliphatic rings. The average Bonchev–Trinajstić information content (AvgIpc) is 2.50. The van der Waals surface area contributed by atoms with Crippen LogP contribution in [0.2, 0.25) is 0 Å². The van der Waals surface area contributed by atoms with Crippen LogP contribution < -0.4 is 5.73 Å². The lowest BCUT2D eigenvalue weighted by molar-refractivity contribution is -0.137. The molecule has 1 aromatic rings. The van der Waals surface area contributed by atoms with E-state index in [4.69, 9.17) is 16.1 Å². The molecule has 13 heavy (non-hydrogen) atoms. The number of hydrogen-bond donors (Lipinski definition) is 3. The summed E-state index contributed by atoms with van der Waals surface area (Å²) < 4.78 is 0. The van der Waals surface area contributed by atoms with Crippen molar-refractivity contribution >= 4 is 5.97 Å². The molecule has 1 atom stereocenters. The van der Waals surface area contributed by atoms with Crippen molar-refractivity contribution in [1.82, 2.24) is 4.98 Å². The maximum atomic E-state index is 10.3. The number of nitrogens with one attached hydrogen (secondary N) is 1. The normalized spacial score (nSPS) is 12.0. The summed E-state index contributed by atoms with van der Waals surface area (Å²) in [5, 5.41) is 16.9. The summed E-state index contributed by atoms with van der Waals surface area (Å²) >= 11 is 0. The van der Waals surface area contributed by atoms with E-state index in [2.05, 4.69) is 4.98 Å². The molecular formula is C8H9N3O2. The van der Waals surface area contributed by atoms with Gasteiger partial charge >= 0.3 is 5.97 Å². The van der Waals surface area contributed by atoms with Crippen molar-refractivity contribution in [2.75, 3.05) is 0 Å². The second kappa shape index (κ2) is 3.74. The fourth-order valence-electron chi connectivity index (χ4n) is 0.989. The van der Waals surface area contributed by atoms with Crippen LogP contribution in [0.1, 0.15) is 23.7 Å². The highest BCUT2D eigenvalue weighted by atomic mass is 16.4. The number of carbonyl (C=O) groups is 1. The monoisotopic (exact) mass is 179 g/mol. The first-order valence-corrected chi connectivity index (χ1v) is 3.69. The molecule has 0 aromatic carbocycles. The van der Waals surface area contributed by atoms with Gasteiger partial charge in [-0.1, -0.05) is 0 Å². The maximum Gasteiger partial charge on any atom is 0.305 e. The number of nitrogens with two attached hydrogens (primary N) is 1. The summed E-state index contributed by atoms with van der Waals surface area (Å²) in [6.07, 6.45) is 1.35. The Morgan fingerprint density at radius 2 is 2.54 bits per heavy atom. The topological polar surface area (TPSA) is 103 Å². The van der Waals surface area contributed by atoms with E-state index in [1.165, 1.54) is 6.20 Å². The van der Waals surface area contributed by atoms with Crippen LogP contribution in [0.3, 0.4) is 0 Å². The van der Waals surface area contributed by atoms with E-state index in [0.717, 1.165) is 0 Å². The van der Waals surface area contributed by atoms with Gasteiger partial charge in [-0.2, -0.15) is 5.26 Å². The molecule has 0 spiro atoms. The fourth-order valence-corrected chi connectivity index (χ4v) is 0.989. The number of carboxylic acids is 1. The van der Waals surface area contributed by atoms with Crippen molar-refractivity contribution in [3.63, 3.8) is 0 Å². The number of hydrogen-bond acceptors (Lipinski definition) is 3. The molecule has 1 aromatic heterocycles. The molecule has 1 rings (SSSR count). The highest BCUT2D eigenvalue weighted by Crippen LogP contribution is 2.13. The van der Waals surface area contributed by atoms with Crippen LogP contribution in [0.4, 0.5) is 0 Å². The third kappa shape index (κ3) is 2.32. The predicted octanol–water partition coefficient (Wildman–Crippen LogP) is 0.361. The molecular weight excluding hydrogens is 170 g/mol. The zero-order valence-corrected chi connectivity index (χ0v) is 6.82. The van der Waals surface area contributed by atoms with Crippen LogP contribution >= 0.6 is 0 Å². The Hall–Kier alpha value is -1.80. The fraction of sp³-hybridized carbons (Fsp3) is 0.250. The quantitative estimate of drug-likeness (QED) is 0.623. The summed E-state index contributed by atoms with van der Waals surface area (Å²) in [7, 11) is 0. The van der Waals surface area contributed by atoms with E-state index >= 15 is 0 Å². The van der Waals surface area contributed by atoms with Gasteiger partial charge in [0.25, 0.3) is 0 Å². The molecule has 5 heteroatoms. The van der Waals surface area contributed by atoms with Crippen molar-refractivity contribution in [2.24, 2.45) is 5.73 Å². The van der Waals surface area contributed by atoms with Gasteiger partial charge in [-0.05, 0) is 6.07 Å². The molecule has 1 heterocycles. The zero-order valence-electron chi connectivity index (χ0n) is 6.82. The van der Waals surface area contributed by atoms with Crippen molar-refractivity contribution < 1.29 is 9.90 Å². The van der Waals surface area contributed by atoms with Gasteiger partial charge in [-0.3, -0.25) is 4.79 Å². The van der Waals surface area contributed by atoms with Crippen molar-refractivity contribution in [3.05, 3.63) is 23.5 Å². The summed E-state index contributed by atoms with van der Waals surface area (Å²) in [5.74, 6) is -0.958. The smallest absolute Gasteiger partial charge is 0.305 e. The number of aliphatic carboxylic acids is 1. The highest BCUT2D eigenvalue weighted by Gasteiger charge is 2.12. The third-order valence-electron chi connectivity index (χ3n) is 1.63. The molecule has 68 valence electrons. The zero-order chi connectivity index (χ0) is 9.84. The van der Waals surface area contributed by atoms with E-state index in [9.17, 15) is 4.79 Å². The molecule has 4 N–H and O–H groups in total. The SMILES string of the molecule is N#Cc1c[nH]c([C@H](N)CC(=O)O)c1. The lowest BCUT2D eigenvalue weighted by Crippen LogP contribution is -2.15. The van der Waals surface area contributed by atoms with E-state index in [-0.39, 0.29) is 6.42 Å². The Morgan fingerprint density at radius 3 is 3.00 bits per heavy atom. The van der Waals surface area contributed by atoms with Crippen molar-refractivity contribution in [3.8, 4) is 6.07 Å². The first-order valence-electron chi connectivity index (χ1n) is 3.69. The van der Waals surface area contributed by atoms with E-state index in [1.807, 2.05) is 6.07 Å². The van der Waals surface area contributed by atoms with Crippen LogP contribution in [-0.2, 0) is 4.79 Å². The van der Waals surface area contributed by atoms with Gasteiger partial charge < -0.3 is 15.8 Å². The minimum atomic E-state index is -0.958. The van der Waals surface area contributed by atoms with Crippen LogP contribution in [-0.4, -0.2) is 16.1 Å². The molecule has 0 aliphatic carbocycles. The lowest BCUT2D eigenvalue weighted by atomic mass is 10.1. The van der Waals surface area contributed by atoms with Gasteiger partial charge in [-0.25, -0.2) is 0 Å². The summed E-state index contributed by atoms with van der Waals surface area (Å²) in [6.45, 7) is 0. The Labute approximate surface area is 74.8 Å². The molecule has 0 unspecified atom stereocenters. The number of carboxylic acid groups (broad SMARTS) is 1. The van der Waals surface area contributed by atoms with Gasteiger partial charge in [0.1, 0.15) is 6.07 Å². The van der Waals surface area contributed by atoms with E-state index in [1.54, 1.807) is 6.07 Å². The standard InChI is InChI=1S/C8H9N3O2/c9-3-5-1-7(11-4-5)6(10)2-8(12)13/h1,4,6,11H,2,10H2,(H,12,13)/t6-/m1/s1. The van der Waals surface area contributed by atoms with E-state index < -0.39 is 12.0 Å². The number of nitrogens with zero attached hydrogens (tertiary/aromatic N) is 1. The molecule has 0 saturated heterocycles. The lowest BCUT2D eigenvalue weighted by Gasteiger charge is -2.04. The number of aromatic amines is 1. The Kier molecular flexibility index (Phi) is 2.67. The van der Waals surface area contributed by atoms with Gasteiger partial charge in [0, 0.05) is 11.9 Å². The second-order valence-electron chi connectivity index (χ2n) is 2.66. The summed E-state index contributed by atoms with van der Waals surface area (Å²) in [5.41, 5.74) is 6.57. The van der Waals surface area contributed by atoms with Crippen LogP contribution in [0.5, 0.6) is 0 Å². The number of rotatable bonds is 3. The largest absolute Gasteiger partial charge is 0.481 e. The minimum Gasteiger partial charge on any atom is -0.481 e. The van der Waals surface area contributed by atoms with Crippen LogP contribution in [0.25, 0.3) is 0 Å². The van der Waals surface area contributed by atoms with Crippen molar-refractivity contribution in [2.45, 2.75) is 12.5 Å². The summed E-state index contributed by atoms with van der Waals surface area (Å²) in [6, 6.07) is 2.89. The average molecular weight is 179 g/mol. The Morgan fingerprint density at radius 1 is 1.85 bits per heavy atom. The molecule has 5 nitrogen and oxygen atoms in total. The first-order chi connectivity index (χ1) is 6.13. The van der Waals surface area contributed by atoms with Gasteiger partial charge in [0.2, 0.25) is 0 Å². The first kappa shape index (κ1) is 9.29. The predicted molar refractivity (Wildman–Crippen MR) is 44.7 cm³/mol. The van der Waals surface area contributed by atoms with Gasteiger partial charge in [-0.15, -0.1) is 0 Å². The van der Waals surface area contributed by atoms with Crippen LogP contribution in [0.15, 0.2) is 12.3 Å². The molecule has 0 saturated carbocycles. The van der Waals surface area contributed by atoms with Gasteiger partial charge in [0.05, 0.1) is 18.0 Å². The molecule has 0 radical (unpaired) electrons. The minimum absolute atomic E-state index is 0.147.